The first-order chi connectivity index (χ1) is 10.3. The van der Waals surface area contributed by atoms with Gasteiger partial charge in [-0.3, -0.25) is 19.9 Å². The van der Waals surface area contributed by atoms with E-state index in [4.69, 9.17) is 9.94 Å². The Hall–Kier alpha value is -1.50. The van der Waals surface area contributed by atoms with E-state index in [0.29, 0.717) is 11.7 Å². The number of rotatable bonds is 3. The topological polar surface area (TPSA) is 74.7 Å². The summed E-state index contributed by atoms with van der Waals surface area (Å²) in [5, 5.41) is 8.71. The summed E-state index contributed by atoms with van der Waals surface area (Å²) in [6.07, 6.45) is 6.29. The van der Waals surface area contributed by atoms with Crippen LogP contribution in [0.15, 0.2) is 12.3 Å². The highest BCUT2D eigenvalue weighted by atomic mass is 16.5. The van der Waals surface area contributed by atoms with Crippen LogP contribution in [0.1, 0.15) is 40.9 Å². The first kappa shape index (κ1) is 14.4. The van der Waals surface area contributed by atoms with Crippen molar-refractivity contribution in [1.29, 1.82) is 0 Å². The number of pyridine rings is 1. The van der Waals surface area contributed by atoms with Gasteiger partial charge in [0.15, 0.2) is 0 Å². The monoisotopic (exact) mass is 291 g/mol. The van der Waals surface area contributed by atoms with Crippen LogP contribution in [0, 0.1) is 0 Å². The zero-order valence-corrected chi connectivity index (χ0v) is 12.0. The van der Waals surface area contributed by atoms with Gasteiger partial charge in [-0.2, -0.15) is 0 Å². The van der Waals surface area contributed by atoms with Gasteiger partial charge in [-0.25, -0.2) is 5.48 Å². The molecular formula is C15H21N3O3. The molecule has 1 aromatic rings. The summed E-state index contributed by atoms with van der Waals surface area (Å²) in [6.45, 7) is 3.58. The molecule has 21 heavy (non-hydrogen) atoms. The van der Waals surface area contributed by atoms with E-state index in [1.54, 1.807) is 5.48 Å². The second kappa shape index (κ2) is 6.51. The second-order valence-electron chi connectivity index (χ2n) is 5.74. The van der Waals surface area contributed by atoms with Gasteiger partial charge in [0.25, 0.3) is 5.91 Å². The van der Waals surface area contributed by atoms with E-state index < -0.39 is 5.91 Å². The minimum absolute atomic E-state index is 0.331. The van der Waals surface area contributed by atoms with Crippen molar-refractivity contribution < 1.29 is 14.7 Å². The Morgan fingerprint density at radius 2 is 2.43 bits per heavy atom. The molecule has 0 aliphatic carbocycles. The van der Waals surface area contributed by atoms with Crippen LogP contribution in [-0.2, 0) is 17.7 Å². The van der Waals surface area contributed by atoms with Gasteiger partial charge in [0.05, 0.1) is 11.7 Å². The lowest BCUT2D eigenvalue weighted by Gasteiger charge is -2.33. The molecule has 1 aromatic heterocycles. The average molecular weight is 291 g/mol. The highest BCUT2D eigenvalue weighted by Gasteiger charge is 2.23. The van der Waals surface area contributed by atoms with E-state index in [9.17, 15) is 4.79 Å². The van der Waals surface area contributed by atoms with Crippen LogP contribution in [0.25, 0.3) is 0 Å². The number of carbonyl (C=O) groups excluding carboxylic acids is 1. The summed E-state index contributed by atoms with van der Waals surface area (Å²) >= 11 is 0. The fraction of sp³-hybridized carbons (Fsp3) is 0.600. The number of hydrogen-bond acceptors (Lipinski definition) is 5. The molecule has 2 N–H and O–H groups in total. The van der Waals surface area contributed by atoms with E-state index in [0.717, 1.165) is 50.3 Å². The minimum atomic E-state index is -0.516. The van der Waals surface area contributed by atoms with Crippen LogP contribution >= 0.6 is 0 Å². The van der Waals surface area contributed by atoms with Gasteiger partial charge in [0.2, 0.25) is 0 Å². The Balaban J connectivity index is 1.67. The summed E-state index contributed by atoms with van der Waals surface area (Å²) in [6, 6.07) is 1.82. The predicted octanol–water partition coefficient (Wildman–Crippen LogP) is 1.13. The smallest absolute Gasteiger partial charge is 0.276 e. The van der Waals surface area contributed by atoms with Crippen molar-refractivity contribution in [2.75, 3.05) is 19.7 Å². The molecule has 114 valence electrons. The molecule has 2 aliphatic rings. The normalized spacial score (nSPS) is 22.6. The van der Waals surface area contributed by atoms with E-state index in [1.165, 1.54) is 19.0 Å². The van der Waals surface area contributed by atoms with E-state index in [-0.39, 0.29) is 0 Å². The maximum Gasteiger partial charge on any atom is 0.276 e. The molecule has 0 aromatic carbocycles. The predicted molar refractivity (Wildman–Crippen MR) is 76.1 cm³/mol. The van der Waals surface area contributed by atoms with Crippen molar-refractivity contribution in [3.05, 3.63) is 29.1 Å². The van der Waals surface area contributed by atoms with Gasteiger partial charge in [0.1, 0.15) is 0 Å². The fourth-order valence-corrected chi connectivity index (χ4v) is 3.07. The number of carbonyl (C=O) groups is 1. The van der Waals surface area contributed by atoms with Crippen molar-refractivity contribution >= 4 is 5.91 Å². The van der Waals surface area contributed by atoms with Crippen LogP contribution in [0.4, 0.5) is 0 Å². The van der Waals surface area contributed by atoms with Gasteiger partial charge in [-0.1, -0.05) is 0 Å². The largest absolute Gasteiger partial charge is 0.377 e. The SMILES string of the molecule is O=C(NO)c1cnc2c(c1)CN(C[C@H]1CCCCO1)CC2. The zero-order valence-electron chi connectivity index (χ0n) is 12.0. The summed E-state index contributed by atoms with van der Waals surface area (Å²) in [4.78, 5) is 18.2. The van der Waals surface area contributed by atoms with Crippen LogP contribution in [0.2, 0.25) is 0 Å². The van der Waals surface area contributed by atoms with E-state index in [2.05, 4.69) is 9.88 Å². The third kappa shape index (κ3) is 3.40. The zero-order chi connectivity index (χ0) is 14.7. The Morgan fingerprint density at radius 3 is 3.19 bits per heavy atom. The highest BCUT2D eigenvalue weighted by Crippen LogP contribution is 2.21. The molecule has 0 unspecified atom stereocenters. The molecule has 3 rings (SSSR count). The summed E-state index contributed by atoms with van der Waals surface area (Å²) < 4.78 is 5.79. The Morgan fingerprint density at radius 1 is 1.52 bits per heavy atom. The maximum absolute atomic E-state index is 11.5. The Kier molecular flexibility index (Phi) is 4.48. The van der Waals surface area contributed by atoms with Crippen LogP contribution < -0.4 is 5.48 Å². The molecule has 2 aliphatic heterocycles. The molecule has 3 heterocycles. The van der Waals surface area contributed by atoms with Gasteiger partial charge in [0, 0.05) is 44.6 Å². The summed E-state index contributed by atoms with van der Waals surface area (Å²) in [5.74, 6) is -0.516. The lowest BCUT2D eigenvalue weighted by molar-refractivity contribution is -0.00813. The molecule has 6 heteroatoms. The van der Waals surface area contributed by atoms with Gasteiger partial charge >= 0.3 is 0 Å². The number of aromatic nitrogens is 1. The first-order valence-electron chi connectivity index (χ1n) is 7.52. The first-order valence-corrected chi connectivity index (χ1v) is 7.52. The van der Waals surface area contributed by atoms with Crippen molar-refractivity contribution in [2.45, 2.75) is 38.3 Å². The average Bonchev–Trinajstić information content (AvgIpc) is 2.54. The second-order valence-corrected chi connectivity index (χ2v) is 5.74. The standard InChI is InChI=1S/C15H21N3O3/c19-15(17-20)11-7-12-9-18(5-4-14(12)16-8-11)10-13-3-1-2-6-21-13/h7-8,13,20H,1-6,9-10H2,(H,17,19)/t13-/m1/s1. The number of hydroxylamine groups is 1. The van der Waals surface area contributed by atoms with Crippen molar-refractivity contribution in [3.63, 3.8) is 0 Å². The minimum Gasteiger partial charge on any atom is -0.377 e. The molecule has 1 saturated heterocycles. The molecule has 0 bridgehead atoms. The number of hydrogen-bond donors (Lipinski definition) is 2. The van der Waals surface area contributed by atoms with Gasteiger partial charge in [-0.15, -0.1) is 0 Å². The van der Waals surface area contributed by atoms with E-state index >= 15 is 0 Å². The maximum atomic E-state index is 11.5. The Bertz CT molecular complexity index is 515. The number of nitrogens with one attached hydrogen (secondary N) is 1. The highest BCUT2D eigenvalue weighted by molar-refractivity contribution is 5.93. The number of amides is 1. The molecule has 0 radical (unpaired) electrons. The van der Waals surface area contributed by atoms with Crippen LogP contribution in [0.5, 0.6) is 0 Å². The lowest BCUT2D eigenvalue weighted by atomic mass is 10.0. The lowest BCUT2D eigenvalue weighted by Crippen LogP contribution is -2.39. The third-order valence-corrected chi connectivity index (χ3v) is 4.22. The Labute approximate surface area is 124 Å². The third-order valence-electron chi connectivity index (χ3n) is 4.22. The molecule has 1 amide bonds. The molecule has 6 nitrogen and oxygen atoms in total. The number of fused-ring (bicyclic) bond motifs is 1. The molecule has 1 atom stereocenters. The summed E-state index contributed by atoms with van der Waals surface area (Å²) in [5.41, 5.74) is 4.16. The van der Waals surface area contributed by atoms with Crippen molar-refractivity contribution in [2.24, 2.45) is 0 Å². The fourth-order valence-electron chi connectivity index (χ4n) is 3.07. The molecule has 0 saturated carbocycles. The van der Waals surface area contributed by atoms with Crippen molar-refractivity contribution in [1.82, 2.24) is 15.4 Å². The van der Waals surface area contributed by atoms with E-state index in [1.807, 2.05) is 6.07 Å². The molecular weight excluding hydrogens is 270 g/mol. The molecule has 1 fully saturated rings. The van der Waals surface area contributed by atoms with Gasteiger partial charge < -0.3 is 4.74 Å². The number of nitrogens with zero attached hydrogens (tertiary/aromatic N) is 2. The summed E-state index contributed by atoms with van der Waals surface area (Å²) in [7, 11) is 0. The quantitative estimate of drug-likeness (QED) is 0.645. The number of ether oxygens (including phenoxy) is 1. The van der Waals surface area contributed by atoms with Gasteiger partial charge in [-0.05, 0) is 30.9 Å². The van der Waals surface area contributed by atoms with Crippen LogP contribution in [-0.4, -0.2) is 46.8 Å². The van der Waals surface area contributed by atoms with Crippen LogP contribution in [0.3, 0.4) is 0 Å². The van der Waals surface area contributed by atoms with Crippen molar-refractivity contribution in [3.8, 4) is 0 Å². The molecule has 0 spiro atoms.